The Morgan fingerprint density at radius 2 is 1.89 bits per heavy atom. The maximum atomic E-state index is 12.9. The predicted molar refractivity (Wildman–Crippen MR) is 112 cm³/mol. The normalized spacial score (nSPS) is 14.0. The number of sulfonamides is 1. The molecule has 0 aliphatic carbocycles. The quantitative estimate of drug-likeness (QED) is 0.522. The number of rotatable bonds is 10. The molecule has 0 radical (unpaired) electrons. The maximum Gasteiger partial charge on any atom is 0.242 e. The molecule has 0 saturated carbocycles. The Hall–Kier alpha value is -0.960. The van der Waals surface area contributed by atoms with E-state index in [0.717, 1.165) is 44.5 Å². The number of hydrogen-bond acceptors (Lipinski definition) is 3. The molecule has 2 N–H and O–H groups in total. The summed E-state index contributed by atoms with van der Waals surface area (Å²) in [7, 11) is -3.68. The summed E-state index contributed by atoms with van der Waals surface area (Å²) in [4.78, 5) is 15.2. The number of quaternary nitrogens is 1. The van der Waals surface area contributed by atoms with Gasteiger partial charge in [-0.1, -0.05) is 29.8 Å². The van der Waals surface area contributed by atoms with E-state index in [1.165, 1.54) is 11.8 Å². The Morgan fingerprint density at radius 1 is 1.22 bits per heavy atom. The molecule has 0 fully saturated rings. The molecule has 2 rings (SSSR count). The molecule has 27 heavy (non-hydrogen) atoms. The van der Waals surface area contributed by atoms with Gasteiger partial charge in [0.05, 0.1) is 25.3 Å². The smallest absolute Gasteiger partial charge is 0.242 e. The van der Waals surface area contributed by atoms with Crippen LogP contribution < -0.4 is 14.5 Å². The van der Waals surface area contributed by atoms with Crippen molar-refractivity contribution >= 4 is 37.5 Å². The summed E-state index contributed by atoms with van der Waals surface area (Å²) in [5.41, 5.74) is 1.42. The first-order valence-corrected chi connectivity index (χ1v) is 12.0. The van der Waals surface area contributed by atoms with Gasteiger partial charge in [-0.05, 0) is 37.0 Å². The highest BCUT2D eigenvalue weighted by Crippen LogP contribution is 2.37. The van der Waals surface area contributed by atoms with Gasteiger partial charge in [0.2, 0.25) is 15.9 Å². The molecule has 8 heteroatoms. The predicted octanol–water partition coefficient (Wildman–Crippen LogP) is 1.73. The summed E-state index contributed by atoms with van der Waals surface area (Å²) >= 11 is 3.40. The third kappa shape index (κ3) is 5.76. The molecule has 1 heterocycles. The number of nitrogens with zero attached hydrogens (tertiary/aromatic N) is 1. The Morgan fingerprint density at radius 3 is 2.48 bits per heavy atom. The third-order valence-electron chi connectivity index (χ3n) is 4.87. The first-order chi connectivity index (χ1) is 12.8. The average Bonchev–Trinajstić information content (AvgIpc) is 3.02. The monoisotopic (exact) mass is 460 g/mol. The van der Waals surface area contributed by atoms with Gasteiger partial charge in [0.25, 0.3) is 0 Å². The van der Waals surface area contributed by atoms with Crippen LogP contribution in [0.1, 0.15) is 45.6 Å². The summed E-state index contributed by atoms with van der Waals surface area (Å²) in [5.74, 6) is -0.133. The van der Waals surface area contributed by atoms with E-state index in [1.807, 2.05) is 6.07 Å². The molecular weight excluding hydrogens is 430 g/mol. The minimum absolute atomic E-state index is 0.133. The van der Waals surface area contributed by atoms with Crippen LogP contribution in [-0.2, 0) is 21.2 Å². The van der Waals surface area contributed by atoms with Crippen molar-refractivity contribution in [1.29, 1.82) is 0 Å². The zero-order valence-electron chi connectivity index (χ0n) is 16.5. The Labute approximate surface area is 171 Å². The summed E-state index contributed by atoms with van der Waals surface area (Å²) in [6, 6.07) is 3.49. The molecule has 0 bridgehead atoms. The summed E-state index contributed by atoms with van der Waals surface area (Å²) in [5, 5.41) is 0. The molecule has 0 atom stereocenters. The molecule has 0 aromatic heterocycles. The van der Waals surface area contributed by atoms with Crippen molar-refractivity contribution in [2.45, 2.75) is 51.3 Å². The number of carbonyl (C=O) groups is 1. The molecule has 0 saturated heterocycles. The summed E-state index contributed by atoms with van der Waals surface area (Å²) < 4.78 is 29.3. The second kappa shape index (κ2) is 10.0. The third-order valence-corrected chi connectivity index (χ3v) is 6.80. The molecule has 1 amide bonds. The number of hydrogen-bond donors (Lipinski definition) is 2. The van der Waals surface area contributed by atoms with E-state index in [2.05, 4.69) is 34.5 Å². The van der Waals surface area contributed by atoms with Crippen molar-refractivity contribution in [3.63, 3.8) is 0 Å². The lowest BCUT2D eigenvalue weighted by molar-refractivity contribution is -0.900. The zero-order valence-corrected chi connectivity index (χ0v) is 18.9. The van der Waals surface area contributed by atoms with Gasteiger partial charge in [-0.25, -0.2) is 13.1 Å². The topological polar surface area (TPSA) is 70.9 Å². The Bertz CT molecular complexity index is 762. The van der Waals surface area contributed by atoms with Gasteiger partial charge in [0, 0.05) is 30.9 Å². The first kappa shape index (κ1) is 22.3. The minimum Gasteiger partial charge on any atom is -0.335 e. The van der Waals surface area contributed by atoms with Gasteiger partial charge in [-0.15, -0.1) is 0 Å². The molecule has 0 unspecified atom stereocenters. The first-order valence-electron chi connectivity index (χ1n) is 9.73. The van der Waals surface area contributed by atoms with E-state index in [9.17, 15) is 13.2 Å². The number of amides is 1. The van der Waals surface area contributed by atoms with Gasteiger partial charge in [0.1, 0.15) is 4.90 Å². The van der Waals surface area contributed by atoms with Gasteiger partial charge in [-0.3, -0.25) is 4.79 Å². The highest BCUT2D eigenvalue weighted by atomic mass is 79.9. The van der Waals surface area contributed by atoms with Crippen molar-refractivity contribution in [2.24, 2.45) is 0 Å². The van der Waals surface area contributed by atoms with E-state index in [1.54, 1.807) is 11.0 Å². The SMILES string of the molecule is CCC[NH+](CCC)CCCNS(=O)(=O)c1cc(Br)cc2c1N(C(C)=O)CC2. The maximum absolute atomic E-state index is 12.9. The van der Waals surface area contributed by atoms with Crippen LogP contribution in [0.25, 0.3) is 0 Å². The van der Waals surface area contributed by atoms with Crippen LogP contribution in [-0.4, -0.2) is 47.0 Å². The molecule has 1 aromatic rings. The number of fused-ring (bicyclic) bond motifs is 1. The standard InChI is InChI=1S/C19H30BrN3O3S/c1-4-9-22(10-5-2)11-6-8-21-27(25,26)18-14-17(20)13-16-7-12-23(15(3)24)19(16)18/h13-14,21H,4-12H2,1-3H3/p+1. The molecule has 1 aliphatic heterocycles. The molecule has 1 aromatic carbocycles. The number of nitrogens with one attached hydrogen (secondary N) is 2. The fraction of sp³-hybridized carbons (Fsp3) is 0.632. The van der Waals surface area contributed by atoms with Crippen molar-refractivity contribution in [2.75, 3.05) is 37.6 Å². The molecule has 6 nitrogen and oxygen atoms in total. The lowest BCUT2D eigenvalue weighted by Crippen LogP contribution is -3.12. The molecule has 1 aliphatic rings. The second-order valence-corrected chi connectivity index (χ2v) is 9.73. The Kier molecular flexibility index (Phi) is 8.27. The van der Waals surface area contributed by atoms with Crippen LogP contribution in [0.5, 0.6) is 0 Å². The van der Waals surface area contributed by atoms with Crippen LogP contribution >= 0.6 is 15.9 Å². The fourth-order valence-corrected chi connectivity index (χ4v) is 5.70. The lowest BCUT2D eigenvalue weighted by atomic mass is 10.2. The van der Waals surface area contributed by atoms with Gasteiger partial charge in [-0.2, -0.15) is 0 Å². The number of carbonyl (C=O) groups excluding carboxylic acids is 1. The largest absolute Gasteiger partial charge is 0.335 e. The second-order valence-electron chi connectivity index (χ2n) is 7.08. The van der Waals surface area contributed by atoms with Crippen LogP contribution in [0, 0.1) is 0 Å². The number of halogens is 1. The van der Waals surface area contributed by atoms with E-state index in [0.29, 0.717) is 29.7 Å². The zero-order chi connectivity index (χ0) is 20.0. The summed E-state index contributed by atoms with van der Waals surface area (Å²) in [6.45, 7) is 9.94. The summed E-state index contributed by atoms with van der Waals surface area (Å²) in [6.07, 6.45) is 3.72. The highest BCUT2D eigenvalue weighted by molar-refractivity contribution is 9.10. The van der Waals surface area contributed by atoms with Crippen LogP contribution in [0.4, 0.5) is 5.69 Å². The highest BCUT2D eigenvalue weighted by Gasteiger charge is 2.31. The lowest BCUT2D eigenvalue weighted by Gasteiger charge is -2.20. The number of anilines is 1. The van der Waals surface area contributed by atoms with Crippen molar-refractivity contribution in [1.82, 2.24) is 4.72 Å². The molecule has 152 valence electrons. The van der Waals surface area contributed by atoms with E-state index >= 15 is 0 Å². The van der Waals surface area contributed by atoms with Crippen LogP contribution in [0.2, 0.25) is 0 Å². The van der Waals surface area contributed by atoms with Crippen molar-refractivity contribution in [3.05, 3.63) is 22.2 Å². The average molecular weight is 461 g/mol. The number of benzene rings is 1. The van der Waals surface area contributed by atoms with Gasteiger partial charge < -0.3 is 9.80 Å². The van der Waals surface area contributed by atoms with Gasteiger partial charge >= 0.3 is 0 Å². The van der Waals surface area contributed by atoms with Crippen LogP contribution in [0.3, 0.4) is 0 Å². The van der Waals surface area contributed by atoms with Crippen molar-refractivity contribution < 1.29 is 18.1 Å². The molecular formula is C19H31BrN3O3S+. The van der Waals surface area contributed by atoms with Crippen LogP contribution in [0.15, 0.2) is 21.5 Å². The molecule has 0 spiro atoms. The minimum atomic E-state index is -3.68. The van der Waals surface area contributed by atoms with E-state index < -0.39 is 10.0 Å². The van der Waals surface area contributed by atoms with E-state index in [-0.39, 0.29) is 10.8 Å². The van der Waals surface area contributed by atoms with E-state index in [4.69, 9.17) is 0 Å². The fourth-order valence-electron chi connectivity index (χ4n) is 3.69. The van der Waals surface area contributed by atoms with Gasteiger partial charge in [0.15, 0.2) is 0 Å². The Balaban J connectivity index is 2.10. The van der Waals surface area contributed by atoms with Crippen molar-refractivity contribution in [3.8, 4) is 0 Å².